The SMILES string of the molecule is N[C@H]1CCCC[C@H]1[C@H](c1ccccc1)N1CCOCC1. The Bertz CT molecular complexity index is 403. The summed E-state index contributed by atoms with van der Waals surface area (Å²) in [6.07, 6.45) is 5.06. The molecule has 110 valence electrons. The summed E-state index contributed by atoms with van der Waals surface area (Å²) in [5, 5.41) is 0. The third kappa shape index (κ3) is 3.05. The molecule has 1 aliphatic heterocycles. The zero-order valence-corrected chi connectivity index (χ0v) is 12.2. The van der Waals surface area contributed by atoms with E-state index >= 15 is 0 Å². The molecule has 1 aliphatic carbocycles. The summed E-state index contributed by atoms with van der Waals surface area (Å²) in [6.45, 7) is 3.77. The minimum absolute atomic E-state index is 0.344. The van der Waals surface area contributed by atoms with Crippen molar-refractivity contribution in [1.82, 2.24) is 4.90 Å². The number of hydrogen-bond acceptors (Lipinski definition) is 3. The molecule has 3 heteroatoms. The summed E-state index contributed by atoms with van der Waals surface area (Å²) < 4.78 is 5.53. The molecule has 0 spiro atoms. The van der Waals surface area contributed by atoms with Crippen LogP contribution in [-0.4, -0.2) is 37.2 Å². The molecule has 1 saturated carbocycles. The Morgan fingerprint density at radius 3 is 2.45 bits per heavy atom. The molecule has 2 aliphatic rings. The van der Waals surface area contributed by atoms with Crippen LogP contribution in [0.1, 0.15) is 37.3 Å². The van der Waals surface area contributed by atoms with Crippen LogP contribution in [0.4, 0.5) is 0 Å². The molecular formula is C17H26N2O. The average Bonchev–Trinajstić information content (AvgIpc) is 2.52. The molecule has 0 amide bonds. The minimum Gasteiger partial charge on any atom is -0.379 e. The monoisotopic (exact) mass is 274 g/mol. The Balaban J connectivity index is 1.86. The van der Waals surface area contributed by atoms with Crippen LogP contribution in [0.2, 0.25) is 0 Å². The van der Waals surface area contributed by atoms with Gasteiger partial charge in [0.2, 0.25) is 0 Å². The van der Waals surface area contributed by atoms with Crippen LogP contribution >= 0.6 is 0 Å². The van der Waals surface area contributed by atoms with Gasteiger partial charge < -0.3 is 10.5 Å². The molecule has 1 aromatic rings. The van der Waals surface area contributed by atoms with Crippen molar-refractivity contribution in [3.05, 3.63) is 35.9 Å². The first-order valence-corrected chi connectivity index (χ1v) is 7.98. The van der Waals surface area contributed by atoms with E-state index in [-0.39, 0.29) is 0 Å². The molecule has 3 atom stereocenters. The van der Waals surface area contributed by atoms with Gasteiger partial charge in [0, 0.05) is 25.2 Å². The molecule has 3 rings (SSSR count). The van der Waals surface area contributed by atoms with E-state index in [1.165, 1.54) is 31.2 Å². The van der Waals surface area contributed by atoms with Gasteiger partial charge >= 0.3 is 0 Å². The summed E-state index contributed by atoms with van der Waals surface area (Å²) in [7, 11) is 0. The van der Waals surface area contributed by atoms with Gasteiger partial charge in [0.25, 0.3) is 0 Å². The number of ether oxygens (including phenoxy) is 1. The van der Waals surface area contributed by atoms with E-state index in [0.29, 0.717) is 18.0 Å². The molecule has 0 unspecified atom stereocenters. The number of nitrogens with zero attached hydrogens (tertiary/aromatic N) is 1. The molecule has 2 N–H and O–H groups in total. The van der Waals surface area contributed by atoms with Gasteiger partial charge in [-0.05, 0) is 24.3 Å². The van der Waals surface area contributed by atoms with E-state index in [1.807, 2.05) is 0 Å². The van der Waals surface area contributed by atoms with Crippen molar-refractivity contribution in [2.24, 2.45) is 11.7 Å². The molecule has 0 radical (unpaired) electrons. The van der Waals surface area contributed by atoms with Crippen molar-refractivity contribution in [2.45, 2.75) is 37.8 Å². The van der Waals surface area contributed by atoms with E-state index in [1.54, 1.807) is 0 Å². The lowest BCUT2D eigenvalue weighted by molar-refractivity contribution is -0.00615. The van der Waals surface area contributed by atoms with Crippen molar-refractivity contribution >= 4 is 0 Å². The highest BCUT2D eigenvalue weighted by Crippen LogP contribution is 2.38. The molecular weight excluding hydrogens is 248 g/mol. The first-order chi connectivity index (χ1) is 9.86. The predicted octanol–water partition coefficient (Wildman–Crippen LogP) is 2.58. The Morgan fingerprint density at radius 2 is 1.75 bits per heavy atom. The lowest BCUT2D eigenvalue weighted by atomic mass is 9.77. The summed E-state index contributed by atoms with van der Waals surface area (Å²) in [4.78, 5) is 2.59. The van der Waals surface area contributed by atoms with Crippen LogP contribution in [-0.2, 0) is 4.74 Å². The molecule has 1 aromatic carbocycles. The van der Waals surface area contributed by atoms with Gasteiger partial charge in [0.05, 0.1) is 13.2 Å². The smallest absolute Gasteiger partial charge is 0.0594 e. The topological polar surface area (TPSA) is 38.5 Å². The van der Waals surface area contributed by atoms with Crippen LogP contribution in [0.15, 0.2) is 30.3 Å². The van der Waals surface area contributed by atoms with Crippen molar-refractivity contribution < 1.29 is 4.74 Å². The first-order valence-electron chi connectivity index (χ1n) is 7.98. The molecule has 1 saturated heterocycles. The number of rotatable bonds is 3. The van der Waals surface area contributed by atoms with Crippen LogP contribution in [0.3, 0.4) is 0 Å². The van der Waals surface area contributed by atoms with Gasteiger partial charge in [-0.1, -0.05) is 43.2 Å². The highest BCUT2D eigenvalue weighted by molar-refractivity contribution is 5.21. The average molecular weight is 274 g/mol. The van der Waals surface area contributed by atoms with Crippen molar-refractivity contribution in [3.8, 4) is 0 Å². The fraction of sp³-hybridized carbons (Fsp3) is 0.647. The minimum atomic E-state index is 0.344. The summed E-state index contributed by atoms with van der Waals surface area (Å²) in [6, 6.07) is 11.7. The van der Waals surface area contributed by atoms with Crippen molar-refractivity contribution in [1.29, 1.82) is 0 Å². The number of hydrogen-bond donors (Lipinski definition) is 1. The third-order valence-electron chi connectivity index (χ3n) is 4.86. The van der Waals surface area contributed by atoms with E-state index < -0.39 is 0 Å². The summed E-state index contributed by atoms with van der Waals surface area (Å²) in [5.74, 6) is 0.587. The Labute approximate surface area is 122 Å². The standard InChI is InChI=1S/C17H26N2O/c18-16-9-5-4-8-15(16)17(14-6-2-1-3-7-14)19-10-12-20-13-11-19/h1-3,6-7,15-17H,4-5,8-13,18H2/t15-,16+,17+/m1/s1. The Hall–Kier alpha value is -0.900. The van der Waals surface area contributed by atoms with Crippen molar-refractivity contribution in [3.63, 3.8) is 0 Å². The molecule has 0 bridgehead atoms. The van der Waals surface area contributed by atoms with E-state index in [4.69, 9.17) is 10.5 Å². The van der Waals surface area contributed by atoms with Crippen LogP contribution < -0.4 is 5.73 Å². The second kappa shape index (κ2) is 6.70. The van der Waals surface area contributed by atoms with Crippen LogP contribution in [0.5, 0.6) is 0 Å². The van der Waals surface area contributed by atoms with Gasteiger partial charge in [0.1, 0.15) is 0 Å². The van der Waals surface area contributed by atoms with Gasteiger partial charge in [-0.3, -0.25) is 4.90 Å². The molecule has 2 fully saturated rings. The second-order valence-electron chi connectivity index (χ2n) is 6.12. The zero-order chi connectivity index (χ0) is 13.8. The fourth-order valence-electron chi connectivity index (χ4n) is 3.81. The van der Waals surface area contributed by atoms with Gasteiger partial charge in [-0.25, -0.2) is 0 Å². The van der Waals surface area contributed by atoms with Crippen molar-refractivity contribution in [2.75, 3.05) is 26.3 Å². The molecule has 0 aromatic heterocycles. The highest BCUT2D eigenvalue weighted by Gasteiger charge is 2.34. The van der Waals surface area contributed by atoms with Crippen LogP contribution in [0, 0.1) is 5.92 Å². The van der Waals surface area contributed by atoms with E-state index in [0.717, 1.165) is 26.3 Å². The normalized spacial score (nSPS) is 30.1. The third-order valence-corrected chi connectivity index (χ3v) is 4.86. The van der Waals surface area contributed by atoms with Gasteiger partial charge in [-0.15, -0.1) is 0 Å². The largest absolute Gasteiger partial charge is 0.379 e. The number of benzene rings is 1. The highest BCUT2D eigenvalue weighted by atomic mass is 16.5. The number of nitrogens with two attached hydrogens (primary N) is 1. The fourth-order valence-corrected chi connectivity index (χ4v) is 3.81. The molecule has 3 nitrogen and oxygen atoms in total. The maximum absolute atomic E-state index is 6.47. The molecule has 1 heterocycles. The maximum atomic E-state index is 6.47. The van der Waals surface area contributed by atoms with Crippen LogP contribution in [0.25, 0.3) is 0 Å². The molecule has 20 heavy (non-hydrogen) atoms. The lowest BCUT2D eigenvalue weighted by Crippen LogP contribution is -2.47. The zero-order valence-electron chi connectivity index (χ0n) is 12.2. The second-order valence-corrected chi connectivity index (χ2v) is 6.12. The Morgan fingerprint density at radius 1 is 1.05 bits per heavy atom. The lowest BCUT2D eigenvalue weighted by Gasteiger charge is -2.43. The quantitative estimate of drug-likeness (QED) is 0.920. The maximum Gasteiger partial charge on any atom is 0.0594 e. The Kier molecular flexibility index (Phi) is 4.71. The predicted molar refractivity (Wildman–Crippen MR) is 81.5 cm³/mol. The summed E-state index contributed by atoms with van der Waals surface area (Å²) in [5.41, 5.74) is 7.89. The van der Waals surface area contributed by atoms with E-state index in [2.05, 4.69) is 35.2 Å². The van der Waals surface area contributed by atoms with Gasteiger partial charge in [0.15, 0.2) is 0 Å². The van der Waals surface area contributed by atoms with Gasteiger partial charge in [-0.2, -0.15) is 0 Å². The van der Waals surface area contributed by atoms with E-state index in [9.17, 15) is 0 Å². The number of morpholine rings is 1. The summed E-state index contributed by atoms with van der Waals surface area (Å²) >= 11 is 0. The first kappa shape index (κ1) is 14.1.